The SMILES string of the molecule is CCCCCC1(c2ccccc2)CC(O)=C(Cc2ccc(OCc3cccnc3)cc2)C(=O)O1. The molecule has 5 nitrogen and oxygen atoms in total. The van der Waals surface area contributed by atoms with Gasteiger partial charge in [0.2, 0.25) is 0 Å². The Kier molecular flexibility index (Phi) is 7.63. The summed E-state index contributed by atoms with van der Waals surface area (Å²) in [5, 5.41) is 11.0. The van der Waals surface area contributed by atoms with E-state index in [2.05, 4.69) is 11.9 Å². The molecule has 2 aromatic carbocycles. The van der Waals surface area contributed by atoms with E-state index in [1.165, 1.54) is 0 Å². The highest BCUT2D eigenvalue weighted by atomic mass is 16.6. The number of unbranched alkanes of at least 4 members (excludes halogenated alkanes) is 2. The Morgan fingerprint density at radius 3 is 2.47 bits per heavy atom. The van der Waals surface area contributed by atoms with E-state index < -0.39 is 11.6 Å². The average molecular weight is 458 g/mol. The molecule has 1 unspecified atom stereocenters. The lowest BCUT2D eigenvalue weighted by Crippen LogP contribution is -2.38. The molecule has 1 N–H and O–H groups in total. The zero-order valence-corrected chi connectivity index (χ0v) is 19.6. The van der Waals surface area contributed by atoms with Crippen molar-refractivity contribution in [3.8, 4) is 5.75 Å². The van der Waals surface area contributed by atoms with Crippen LogP contribution in [0.25, 0.3) is 0 Å². The van der Waals surface area contributed by atoms with Gasteiger partial charge in [-0.1, -0.05) is 68.3 Å². The minimum Gasteiger partial charge on any atom is -0.512 e. The smallest absolute Gasteiger partial charge is 0.338 e. The molecule has 0 saturated carbocycles. The number of benzene rings is 2. The maximum absolute atomic E-state index is 13.1. The van der Waals surface area contributed by atoms with Gasteiger partial charge < -0.3 is 14.6 Å². The van der Waals surface area contributed by atoms with Crippen LogP contribution in [0, 0.1) is 0 Å². The molecular formula is C29H31NO4. The number of nitrogens with zero attached hydrogens (tertiary/aromatic N) is 1. The third-order valence-corrected chi connectivity index (χ3v) is 6.25. The molecule has 1 aromatic heterocycles. The molecular weight excluding hydrogens is 426 g/mol. The summed E-state index contributed by atoms with van der Waals surface area (Å²) in [4.78, 5) is 17.2. The maximum Gasteiger partial charge on any atom is 0.338 e. The van der Waals surface area contributed by atoms with Crippen LogP contribution in [0.1, 0.15) is 55.7 Å². The van der Waals surface area contributed by atoms with E-state index in [0.717, 1.165) is 41.7 Å². The number of ether oxygens (including phenoxy) is 2. The van der Waals surface area contributed by atoms with Crippen molar-refractivity contribution < 1.29 is 19.4 Å². The van der Waals surface area contributed by atoms with Gasteiger partial charge in [-0.25, -0.2) is 4.79 Å². The fourth-order valence-electron chi connectivity index (χ4n) is 4.35. The Morgan fingerprint density at radius 1 is 1.00 bits per heavy atom. The molecule has 5 heteroatoms. The molecule has 34 heavy (non-hydrogen) atoms. The predicted octanol–water partition coefficient (Wildman–Crippen LogP) is 6.44. The number of hydrogen-bond donors (Lipinski definition) is 1. The van der Waals surface area contributed by atoms with Crippen molar-refractivity contribution >= 4 is 5.97 Å². The van der Waals surface area contributed by atoms with Crippen LogP contribution in [-0.4, -0.2) is 16.1 Å². The number of hydrogen-bond acceptors (Lipinski definition) is 5. The van der Waals surface area contributed by atoms with Crippen LogP contribution in [0.5, 0.6) is 5.75 Å². The van der Waals surface area contributed by atoms with Gasteiger partial charge in [-0.05, 0) is 42.2 Å². The van der Waals surface area contributed by atoms with Crippen molar-refractivity contribution in [2.75, 3.05) is 0 Å². The second-order valence-electron chi connectivity index (χ2n) is 8.78. The number of aromatic nitrogens is 1. The lowest BCUT2D eigenvalue weighted by molar-refractivity contribution is -0.161. The third kappa shape index (κ3) is 5.66. The van der Waals surface area contributed by atoms with Gasteiger partial charge >= 0.3 is 5.97 Å². The van der Waals surface area contributed by atoms with Crippen LogP contribution in [0.4, 0.5) is 0 Å². The number of aliphatic hydroxyl groups is 1. The largest absolute Gasteiger partial charge is 0.512 e. The van der Waals surface area contributed by atoms with Crippen LogP contribution in [-0.2, 0) is 28.2 Å². The third-order valence-electron chi connectivity index (χ3n) is 6.25. The Hall–Kier alpha value is -3.60. The van der Waals surface area contributed by atoms with Crippen molar-refractivity contribution in [1.82, 2.24) is 4.98 Å². The van der Waals surface area contributed by atoms with Gasteiger partial charge in [0.15, 0.2) is 0 Å². The molecule has 4 rings (SSSR count). The lowest BCUT2D eigenvalue weighted by atomic mass is 9.81. The average Bonchev–Trinajstić information content (AvgIpc) is 2.87. The number of carbonyl (C=O) groups is 1. The Labute approximate surface area is 201 Å². The van der Waals surface area contributed by atoms with Gasteiger partial charge in [-0.15, -0.1) is 0 Å². The summed E-state index contributed by atoms with van der Waals surface area (Å²) in [6.07, 6.45) is 7.87. The van der Waals surface area contributed by atoms with E-state index in [1.807, 2.05) is 66.7 Å². The summed E-state index contributed by atoms with van der Waals surface area (Å²) in [5.41, 5.74) is 2.34. The van der Waals surface area contributed by atoms with Crippen molar-refractivity contribution in [3.05, 3.63) is 107 Å². The molecule has 2 heterocycles. The lowest BCUT2D eigenvalue weighted by Gasteiger charge is -2.38. The molecule has 1 aliphatic heterocycles. The number of rotatable bonds is 10. The molecule has 0 fully saturated rings. The number of cyclic esters (lactones) is 1. The molecule has 0 saturated heterocycles. The number of esters is 1. The summed E-state index contributed by atoms with van der Waals surface area (Å²) in [6.45, 7) is 2.58. The Morgan fingerprint density at radius 2 is 1.79 bits per heavy atom. The molecule has 1 atom stereocenters. The van der Waals surface area contributed by atoms with Crippen LogP contribution in [0.15, 0.2) is 90.5 Å². The van der Waals surface area contributed by atoms with Crippen LogP contribution >= 0.6 is 0 Å². The second kappa shape index (κ2) is 11.0. The molecule has 3 aromatic rings. The molecule has 0 spiro atoms. The van der Waals surface area contributed by atoms with Gasteiger partial charge in [0.1, 0.15) is 23.7 Å². The summed E-state index contributed by atoms with van der Waals surface area (Å²) < 4.78 is 11.9. The first-order valence-electron chi connectivity index (χ1n) is 11.9. The number of aliphatic hydroxyl groups excluding tert-OH is 1. The molecule has 0 aliphatic carbocycles. The first-order chi connectivity index (χ1) is 16.6. The van der Waals surface area contributed by atoms with Crippen molar-refractivity contribution in [1.29, 1.82) is 0 Å². The van der Waals surface area contributed by atoms with E-state index in [4.69, 9.17) is 9.47 Å². The molecule has 0 amide bonds. The monoisotopic (exact) mass is 457 g/mol. The van der Waals surface area contributed by atoms with E-state index in [1.54, 1.807) is 12.4 Å². The van der Waals surface area contributed by atoms with Crippen molar-refractivity contribution in [2.45, 2.75) is 57.7 Å². The Balaban J connectivity index is 1.47. The molecule has 1 aliphatic rings. The Bertz CT molecular complexity index is 1110. The van der Waals surface area contributed by atoms with E-state index in [0.29, 0.717) is 31.4 Å². The van der Waals surface area contributed by atoms with Gasteiger partial charge in [0.25, 0.3) is 0 Å². The highest BCUT2D eigenvalue weighted by Gasteiger charge is 2.42. The topological polar surface area (TPSA) is 68.7 Å². The van der Waals surface area contributed by atoms with Gasteiger partial charge in [0, 0.05) is 30.8 Å². The standard InChI is InChI=1S/C29H31NO4/c1-2-3-7-16-29(24-10-5-4-6-11-24)19-27(31)26(28(32)34-29)18-22-12-14-25(15-13-22)33-21-23-9-8-17-30-20-23/h4-6,8-15,17,20,31H,2-3,7,16,18-19,21H2,1H3. The first-order valence-corrected chi connectivity index (χ1v) is 11.9. The van der Waals surface area contributed by atoms with E-state index in [9.17, 15) is 9.90 Å². The zero-order chi connectivity index (χ0) is 23.8. The van der Waals surface area contributed by atoms with Crippen molar-refractivity contribution in [2.24, 2.45) is 0 Å². The maximum atomic E-state index is 13.1. The van der Waals surface area contributed by atoms with E-state index in [-0.39, 0.29) is 5.76 Å². The predicted molar refractivity (Wildman–Crippen MR) is 131 cm³/mol. The zero-order valence-electron chi connectivity index (χ0n) is 19.6. The van der Waals surface area contributed by atoms with Gasteiger partial charge in [-0.3, -0.25) is 4.98 Å². The van der Waals surface area contributed by atoms with Crippen LogP contribution < -0.4 is 4.74 Å². The minimum atomic E-state index is -0.814. The van der Waals surface area contributed by atoms with Gasteiger partial charge in [0.05, 0.1) is 5.57 Å². The number of pyridine rings is 1. The molecule has 0 radical (unpaired) electrons. The van der Waals surface area contributed by atoms with Crippen LogP contribution in [0.3, 0.4) is 0 Å². The highest BCUT2D eigenvalue weighted by molar-refractivity contribution is 5.91. The van der Waals surface area contributed by atoms with Crippen molar-refractivity contribution in [3.63, 3.8) is 0 Å². The number of carbonyl (C=O) groups excluding carboxylic acids is 1. The quantitative estimate of drug-likeness (QED) is 0.280. The van der Waals surface area contributed by atoms with E-state index >= 15 is 0 Å². The molecule has 176 valence electrons. The minimum absolute atomic E-state index is 0.119. The highest BCUT2D eigenvalue weighted by Crippen LogP contribution is 2.42. The van der Waals surface area contributed by atoms with Gasteiger partial charge in [-0.2, -0.15) is 0 Å². The second-order valence-corrected chi connectivity index (χ2v) is 8.78. The normalized spacial score (nSPS) is 18.0. The fraction of sp³-hybridized carbons (Fsp3) is 0.310. The first kappa shape index (κ1) is 23.6. The fourth-order valence-corrected chi connectivity index (χ4v) is 4.35. The van der Waals surface area contributed by atoms with Crippen LogP contribution in [0.2, 0.25) is 0 Å². The summed E-state index contributed by atoms with van der Waals surface area (Å²) >= 11 is 0. The summed E-state index contributed by atoms with van der Waals surface area (Å²) in [5.74, 6) is 0.408. The summed E-state index contributed by atoms with van der Waals surface area (Å²) in [7, 11) is 0. The summed E-state index contributed by atoms with van der Waals surface area (Å²) in [6, 6.07) is 21.2. The molecule has 0 bridgehead atoms.